The van der Waals surface area contributed by atoms with Crippen molar-refractivity contribution in [1.82, 2.24) is 10.3 Å². The van der Waals surface area contributed by atoms with Crippen LogP contribution in [0.2, 0.25) is 5.02 Å². The summed E-state index contributed by atoms with van der Waals surface area (Å²) in [5.74, 6) is 0.183. The Labute approximate surface area is 199 Å². The number of halogens is 1. The largest absolute Gasteiger partial charge is 0.452 e. The highest BCUT2D eigenvalue weighted by Crippen LogP contribution is 2.32. The molecule has 1 aliphatic carbocycles. The average Bonchev–Trinajstić information content (AvgIpc) is 2.80. The number of pyridine rings is 1. The van der Waals surface area contributed by atoms with Crippen molar-refractivity contribution in [2.75, 3.05) is 6.61 Å². The molecule has 0 saturated heterocycles. The molecule has 1 amide bonds. The molecule has 0 spiro atoms. The quantitative estimate of drug-likeness (QED) is 0.473. The van der Waals surface area contributed by atoms with Crippen molar-refractivity contribution in [2.24, 2.45) is 11.8 Å². The van der Waals surface area contributed by atoms with Gasteiger partial charge in [-0.05, 0) is 48.9 Å². The number of carbonyl (C=O) groups excluding carboxylic acids is 2. The maximum atomic E-state index is 13.2. The monoisotopic (exact) mass is 464 g/mol. The van der Waals surface area contributed by atoms with Crippen LogP contribution in [0.15, 0.2) is 48.5 Å². The highest BCUT2D eigenvalue weighted by Gasteiger charge is 2.28. The molecule has 1 N–H and O–H groups in total. The van der Waals surface area contributed by atoms with Gasteiger partial charge < -0.3 is 10.1 Å². The van der Waals surface area contributed by atoms with Gasteiger partial charge in [0.15, 0.2) is 6.61 Å². The van der Waals surface area contributed by atoms with Crippen molar-refractivity contribution in [1.29, 1.82) is 0 Å². The molecule has 0 unspecified atom stereocenters. The van der Waals surface area contributed by atoms with Crippen molar-refractivity contribution < 1.29 is 14.3 Å². The molecule has 1 fully saturated rings. The molecule has 1 aromatic heterocycles. The van der Waals surface area contributed by atoms with Crippen LogP contribution < -0.4 is 5.32 Å². The Balaban J connectivity index is 1.57. The summed E-state index contributed by atoms with van der Waals surface area (Å²) in [5.41, 5.74) is 3.27. The lowest BCUT2D eigenvalue weighted by Crippen LogP contribution is -2.45. The van der Waals surface area contributed by atoms with Gasteiger partial charge in [0.1, 0.15) is 0 Å². The molecule has 1 aliphatic rings. The van der Waals surface area contributed by atoms with Crippen LogP contribution in [0, 0.1) is 18.8 Å². The molecule has 0 bridgehead atoms. The van der Waals surface area contributed by atoms with E-state index in [1.54, 1.807) is 6.07 Å². The number of carbonyl (C=O) groups is 2. The van der Waals surface area contributed by atoms with E-state index in [-0.39, 0.29) is 18.6 Å². The predicted octanol–water partition coefficient (Wildman–Crippen LogP) is 5.96. The Kier molecular flexibility index (Phi) is 6.99. The molecule has 5 nitrogen and oxygen atoms in total. The molecule has 0 aliphatic heterocycles. The van der Waals surface area contributed by atoms with Crippen LogP contribution in [0.4, 0.5) is 0 Å². The maximum Gasteiger partial charge on any atom is 0.339 e. The van der Waals surface area contributed by atoms with Crippen molar-refractivity contribution in [3.05, 3.63) is 64.7 Å². The van der Waals surface area contributed by atoms with Gasteiger partial charge in [-0.2, -0.15) is 0 Å². The molecule has 1 saturated carbocycles. The average molecular weight is 465 g/mol. The molecule has 33 heavy (non-hydrogen) atoms. The first-order valence-corrected chi connectivity index (χ1v) is 11.8. The first-order valence-electron chi connectivity index (χ1n) is 11.5. The van der Waals surface area contributed by atoms with Crippen molar-refractivity contribution in [3.63, 3.8) is 0 Å². The minimum atomic E-state index is -0.533. The standard InChI is InChI=1S/C27H29ClN2O3/c1-16-8-6-13-22(17(16)2)29-24(31)15-33-27(32)25-18(3)26(19-9-7-10-20(28)14-19)30-23-12-5-4-11-21(23)25/h4-5,7,9-12,14,16-17,22H,6,8,13,15H2,1-3H3,(H,29,31)/t16-,17-,22-/m1/s1. The molecular formula is C27H29ClN2O3. The molecule has 1 heterocycles. The fourth-order valence-corrected chi connectivity index (χ4v) is 4.91. The van der Waals surface area contributed by atoms with Crippen LogP contribution in [0.5, 0.6) is 0 Å². The number of nitrogens with zero attached hydrogens (tertiary/aromatic N) is 1. The van der Waals surface area contributed by atoms with Crippen LogP contribution in [0.25, 0.3) is 22.2 Å². The Hall–Kier alpha value is -2.92. The minimum absolute atomic E-state index is 0.123. The molecule has 4 rings (SSSR count). The third kappa shape index (κ3) is 5.03. The van der Waals surface area contributed by atoms with Crippen molar-refractivity contribution >= 4 is 34.4 Å². The number of rotatable bonds is 5. The molecular weight excluding hydrogens is 436 g/mol. The lowest BCUT2D eigenvalue weighted by atomic mass is 9.78. The number of esters is 1. The van der Waals surface area contributed by atoms with E-state index in [9.17, 15) is 9.59 Å². The lowest BCUT2D eigenvalue weighted by molar-refractivity contribution is -0.125. The second-order valence-electron chi connectivity index (χ2n) is 9.01. The van der Waals surface area contributed by atoms with Crippen LogP contribution in [-0.2, 0) is 9.53 Å². The fourth-order valence-electron chi connectivity index (χ4n) is 4.72. The molecule has 3 atom stereocenters. The van der Waals surface area contributed by atoms with E-state index in [1.165, 1.54) is 6.42 Å². The molecule has 6 heteroatoms. The molecule has 0 radical (unpaired) electrons. The second kappa shape index (κ2) is 9.92. The van der Waals surface area contributed by atoms with E-state index < -0.39 is 5.97 Å². The number of hydrogen-bond acceptors (Lipinski definition) is 4. The predicted molar refractivity (Wildman–Crippen MR) is 131 cm³/mol. The Bertz CT molecular complexity index is 1190. The van der Waals surface area contributed by atoms with Crippen LogP contribution in [0.1, 0.15) is 49.0 Å². The van der Waals surface area contributed by atoms with Gasteiger partial charge >= 0.3 is 5.97 Å². The van der Waals surface area contributed by atoms with Crippen LogP contribution in [0.3, 0.4) is 0 Å². The van der Waals surface area contributed by atoms with E-state index in [1.807, 2.05) is 49.4 Å². The lowest BCUT2D eigenvalue weighted by Gasteiger charge is -2.34. The summed E-state index contributed by atoms with van der Waals surface area (Å²) in [6.45, 7) is 5.93. The second-order valence-corrected chi connectivity index (χ2v) is 9.44. The number of nitrogens with one attached hydrogen (secondary N) is 1. The van der Waals surface area contributed by atoms with Gasteiger partial charge in [-0.3, -0.25) is 4.79 Å². The van der Waals surface area contributed by atoms with Gasteiger partial charge in [-0.1, -0.05) is 68.6 Å². The molecule has 172 valence electrons. The maximum absolute atomic E-state index is 13.2. The SMILES string of the molecule is Cc1c(-c2cccc(Cl)c2)nc2ccccc2c1C(=O)OCC(=O)N[C@@H]1CCC[C@@H](C)[C@H]1C. The molecule has 2 aromatic carbocycles. The summed E-state index contributed by atoms with van der Waals surface area (Å²) in [5, 5.41) is 4.34. The van der Waals surface area contributed by atoms with Gasteiger partial charge in [-0.15, -0.1) is 0 Å². The summed E-state index contributed by atoms with van der Waals surface area (Å²) < 4.78 is 5.49. The van der Waals surface area contributed by atoms with E-state index >= 15 is 0 Å². The van der Waals surface area contributed by atoms with Gasteiger partial charge in [0.25, 0.3) is 5.91 Å². The number of amides is 1. The first-order chi connectivity index (χ1) is 15.8. The van der Waals surface area contributed by atoms with Gasteiger partial charge in [-0.25, -0.2) is 9.78 Å². The summed E-state index contributed by atoms with van der Waals surface area (Å²) in [4.78, 5) is 30.5. The van der Waals surface area contributed by atoms with Crippen molar-refractivity contribution in [2.45, 2.75) is 46.1 Å². The Morgan fingerprint density at radius 2 is 1.91 bits per heavy atom. The van der Waals surface area contributed by atoms with E-state index in [2.05, 4.69) is 19.2 Å². The summed E-state index contributed by atoms with van der Waals surface area (Å²) in [6, 6.07) is 14.9. The van der Waals surface area contributed by atoms with E-state index in [4.69, 9.17) is 21.3 Å². The van der Waals surface area contributed by atoms with Gasteiger partial charge in [0, 0.05) is 22.0 Å². The highest BCUT2D eigenvalue weighted by atomic mass is 35.5. The van der Waals surface area contributed by atoms with Crippen LogP contribution in [-0.4, -0.2) is 29.5 Å². The third-order valence-corrected chi connectivity index (χ3v) is 7.06. The number of ether oxygens (including phenoxy) is 1. The summed E-state index contributed by atoms with van der Waals surface area (Å²) >= 11 is 6.19. The van der Waals surface area contributed by atoms with Crippen molar-refractivity contribution in [3.8, 4) is 11.3 Å². The Morgan fingerprint density at radius 1 is 1.12 bits per heavy atom. The third-order valence-electron chi connectivity index (χ3n) is 6.83. The number of para-hydroxylation sites is 1. The Morgan fingerprint density at radius 3 is 2.70 bits per heavy atom. The van der Waals surface area contributed by atoms with Gasteiger partial charge in [0.05, 0.1) is 16.8 Å². The summed E-state index contributed by atoms with van der Waals surface area (Å²) in [7, 11) is 0. The normalized spacial score (nSPS) is 20.4. The van der Waals surface area contributed by atoms with E-state index in [0.29, 0.717) is 44.6 Å². The fraction of sp³-hybridized carbons (Fsp3) is 0.370. The van der Waals surface area contributed by atoms with E-state index in [0.717, 1.165) is 18.4 Å². The van der Waals surface area contributed by atoms with Gasteiger partial charge in [0.2, 0.25) is 0 Å². The zero-order chi connectivity index (χ0) is 23.5. The zero-order valence-corrected chi connectivity index (χ0v) is 20.0. The number of hydrogen-bond donors (Lipinski definition) is 1. The number of fused-ring (bicyclic) bond motifs is 1. The topological polar surface area (TPSA) is 68.3 Å². The molecule has 3 aromatic rings. The number of benzene rings is 2. The highest BCUT2D eigenvalue weighted by molar-refractivity contribution is 6.30. The zero-order valence-electron chi connectivity index (χ0n) is 19.2. The summed E-state index contributed by atoms with van der Waals surface area (Å²) in [6.07, 6.45) is 3.25. The first kappa shape index (κ1) is 23.2. The number of aromatic nitrogens is 1. The minimum Gasteiger partial charge on any atom is -0.452 e. The van der Waals surface area contributed by atoms with Crippen LogP contribution >= 0.6 is 11.6 Å². The smallest absolute Gasteiger partial charge is 0.339 e.